The maximum absolute atomic E-state index is 14.3. The fourth-order valence-corrected chi connectivity index (χ4v) is 2.47. The zero-order chi connectivity index (χ0) is 16.1. The minimum absolute atomic E-state index is 0.0249. The first-order valence-electron chi connectivity index (χ1n) is 6.33. The van der Waals surface area contributed by atoms with E-state index in [9.17, 15) is 23.8 Å². The summed E-state index contributed by atoms with van der Waals surface area (Å²) in [6, 6.07) is 0. The second kappa shape index (κ2) is 4.97. The molecule has 5 N–H and O–H groups in total. The number of aromatic amines is 1. The second-order valence-corrected chi connectivity index (χ2v) is 5.04. The fraction of sp³-hybridized carbons (Fsp3) is 0.545. The number of imidazole rings is 1. The molecule has 0 amide bonds. The molecule has 2 aromatic heterocycles. The lowest BCUT2D eigenvalue weighted by molar-refractivity contribution is -0.123. The minimum Gasteiger partial charge on any atom is -0.393 e. The Morgan fingerprint density at radius 1 is 1.59 bits per heavy atom. The van der Waals surface area contributed by atoms with Crippen LogP contribution < -0.4 is 11.3 Å². The number of aliphatic hydroxyl groups excluding tert-OH is 2. The van der Waals surface area contributed by atoms with Gasteiger partial charge in [0.1, 0.15) is 24.5 Å². The lowest BCUT2D eigenvalue weighted by Gasteiger charge is -2.25. The first-order chi connectivity index (χ1) is 10.4. The summed E-state index contributed by atoms with van der Waals surface area (Å²) < 4.78 is 33.6. The van der Waals surface area contributed by atoms with Crippen molar-refractivity contribution in [3.8, 4) is 0 Å². The average molecular weight is 317 g/mol. The van der Waals surface area contributed by atoms with Crippen LogP contribution in [0.25, 0.3) is 5.65 Å². The molecule has 0 saturated carbocycles. The van der Waals surface area contributed by atoms with E-state index in [1.54, 1.807) is 0 Å². The molecule has 3 rings (SSSR count). The molecular formula is C11H13F2N5O4. The molecule has 0 aliphatic carbocycles. The van der Waals surface area contributed by atoms with E-state index >= 15 is 0 Å². The number of nitrogen functional groups attached to an aromatic ring is 1. The van der Waals surface area contributed by atoms with E-state index in [4.69, 9.17) is 10.5 Å². The van der Waals surface area contributed by atoms with E-state index < -0.39 is 42.8 Å². The molecule has 120 valence electrons. The van der Waals surface area contributed by atoms with Gasteiger partial charge in [-0.25, -0.2) is 18.3 Å². The van der Waals surface area contributed by atoms with Crippen molar-refractivity contribution in [3.05, 3.63) is 22.2 Å². The monoisotopic (exact) mass is 317 g/mol. The largest absolute Gasteiger partial charge is 0.393 e. The van der Waals surface area contributed by atoms with Crippen molar-refractivity contribution in [2.75, 3.05) is 19.0 Å². The number of ether oxygens (including phenoxy) is 1. The first-order valence-corrected chi connectivity index (χ1v) is 6.33. The molecule has 1 aliphatic heterocycles. The third kappa shape index (κ3) is 1.90. The molecule has 3 heterocycles. The number of hydrogen-bond acceptors (Lipinski definition) is 7. The van der Waals surface area contributed by atoms with Crippen molar-refractivity contribution in [2.24, 2.45) is 0 Å². The Hall–Kier alpha value is -2.11. The average Bonchev–Trinajstić information content (AvgIpc) is 3.01. The van der Waals surface area contributed by atoms with Gasteiger partial charge in [0, 0.05) is 0 Å². The van der Waals surface area contributed by atoms with Crippen molar-refractivity contribution < 1.29 is 23.7 Å². The highest BCUT2D eigenvalue weighted by atomic mass is 19.1. The Morgan fingerprint density at radius 2 is 2.32 bits per heavy atom. The van der Waals surface area contributed by atoms with Crippen molar-refractivity contribution >= 4 is 11.6 Å². The number of fused-ring (bicyclic) bond motifs is 1. The fourth-order valence-electron chi connectivity index (χ4n) is 2.47. The van der Waals surface area contributed by atoms with E-state index in [1.807, 2.05) is 0 Å². The van der Waals surface area contributed by atoms with E-state index in [0.717, 1.165) is 10.7 Å². The van der Waals surface area contributed by atoms with Crippen LogP contribution in [0.5, 0.6) is 0 Å². The number of alkyl halides is 2. The third-order valence-corrected chi connectivity index (χ3v) is 3.69. The van der Waals surface area contributed by atoms with Gasteiger partial charge in [-0.05, 0) is 0 Å². The number of rotatable bonds is 3. The maximum atomic E-state index is 14.3. The number of hydrogen-bond donors (Lipinski definition) is 4. The summed E-state index contributed by atoms with van der Waals surface area (Å²) in [5.41, 5.74) is 2.52. The molecule has 0 aromatic carbocycles. The van der Waals surface area contributed by atoms with Crippen molar-refractivity contribution in [3.63, 3.8) is 0 Å². The van der Waals surface area contributed by atoms with Crippen LogP contribution in [0.15, 0.2) is 11.0 Å². The van der Waals surface area contributed by atoms with E-state index in [2.05, 4.69) is 15.1 Å². The summed E-state index contributed by atoms with van der Waals surface area (Å²) in [6.07, 6.45) is -4.25. The third-order valence-electron chi connectivity index (χ3n) is 3.69. The molecule has 0 spiro atoms. The van der Waals surface area contributed by atoms with Crippen LogP contribution in [0.1, 0.15) is 11.8 Å². The predicted octanol–water partition coefficient (Wildman–Crippen LogP) is -1.53. The summed E-state index contributed by atoms with van der Waals surface area (Å²) in [7, 11) is 0. The summed E-state index contributed by atoms with van der Waals surface area (Å²) in [6.45, 7) is -2.19. The van der Waals surface area contributed by atoms with Gasteiger partial charge in [0.15, 0.2) is 6.17 Å². The molecule has 0 bridgehead atoms. The topological polar surface area (TPSA) is 139 Å². The van der Waals surface area contributed by atoms with Crippen LogP contribution in [0, 0.1) is 0 Å². The zero-order valence-corrected chi connectivity index (χ0v) is 11.1. The van der Waals surface area contributed by atoms with Gasteiger partial charge in [-0.1, -0.05) is 0 Å². The maximum Gasteiger partial charge on any atom is 0.295 e. The van der Waals surface area contributed by atoms with Gasteiger partial charge in [-0.15, -0.1) is 5.10 Å². The SMILES string of the molecule is Nc1nn2c([C@@H]3O[C@@](CO)(CF)[C@@H](O)[C@H]3F)cnc2c(=O)[nH]1. The van der Waals surface area contributed by atoms with Crippen LogP contribution in [0.3, 0.4) is 0 Å². The number of nitrogens with zero attached hydrogens (tertiary/aromatic N) is 3. The number of halogens is 2. The van der Waals surface area contributed by atoms with Gasteiger partial charge in [-0.3, -0.25) is 9.78 Å². The number of anilines is 1. The van der Waals surface area contributed by atoms with Gasteiger partial charge in [-0.2, -0.15) is 0 Å². The van der Waals surface area contributed by atoms with Crippen LogP contribution in [-0.4, -0.2) is 61.0 Å². The van der Waals surface area contributed by atoms with Gasteiger partial charge < -0.3 is 20.7 Å². The van der Waals surface area contributed by atoms with Gasteiger partial charge in [0.2, 0.25) is 11.6 Å². The highest BCUT2D eigenvalue weighted by Gasteiger charge is 2.56. The summed E-state index contributed by atoms with van der Waals surface area (Å²) in [5.74, 6) is -0.232. The van der Waals surface area contributed by atoms with E-state index in [1.165, 1.54) is 0 Å². The predicted molar refractivity (Wildman–Crippen MR) is 68.5 cm³/mol. The highest BCUT2D eigenvalue weighted by Crippen LogP contribution is 2.41. The summed E-state index contributed by atoms with van der Waals surface area (Å²) >= 11 is 0. The van der Waals surface area contributed by atoms with Gasteiger partial charge in [0.25, 0.3) is 5.56 Å². The normalized spacial score (nSPS) is 31.9. The Bertz CT molecular complexity index is 759. The Kier molecular flexibility index (Phi) is 3.34. The van der Waals surface area contributed by atoms with Crippen molar-refractivity contribution in [1.82, 2.24) is 19.6 Å². The molecule has 11 heteroatoms. The zero-order valence-electron chi connectivity index (χ0n) is 11.1. The molecular weight excluding hydrogens is 304 g/mol. The number of H-pyrrole nitrogens is 1. The smallest absolute Gasteiger partial charge is 0.295 e. The van der Waals surface area contributed by atoms with Crippen LogP contribution in [0.2, 0.25) is 0 Å². The number of nitrogens with one attached hydrogen (secondary N) is 1. The molecule has 0 radical (unpaired) electrons. The highest BCUT2D eigenvalue weighted by molar-refractivity contribution is 5.39. The van der Waals surface area contributed by atoms with Crippen LogP contribution in [-0.2, 0) is 4.74 Å². The number of aliphatic hydroxyl groups is 2. The molecule has 22 heavy (non-hydrogen) atoms. The Morgan fingerprint density at radius 3 is 2.91 bits per heavy atom. The quantitative estimate of drug-likeness (QED) is 0.538. The number of nitrogens with two attached hydrogens (primary N) is 1. The van der Waals surface area contributed by atoms with E-state index in [0.29, 0.717) is 0 Å². The lowest BCUT2D eigenvalue weighted by Crippen LogP contribution is -2.47. The standard InChI is InChI=1S/C11H13F2N5O4/c12-2-11(3-19)7(20)5(13)6(22-11)4-1-15-8-9(21)16-10(14)17-18(4)8/h1,5-7,19-20H,2-3H2,(H3,14,16,17,21)/t5-,6-,7-,11+/m0/s1. The lowest BCUT2D eigenvalue weighted by atomic mass is 9.97. The van der Waals surface area contributed by atoms with E-state index in [-0.39, 0.29) is 17.3 Å². The van der Waals surface area contributed by atoms with Crippen molar-refractivity contribution in [2.45, 2.75) is 24.0 Å². The molecule has 1 aliphatic rings. The Balaban J connectivity index is 2.11. The Labute approximate surface area is 121 Å². The number of aromatic nitrogens is 4. The van der Waals surface area contributed by atoms with Crippen LogP contribution in [0.4, 0.5) is 14.7 Å². The van der Waals surface area contributed by atoms with Crippen molar-refractivity contribution in [1.29, 1.82) is 0 Å². The first kappa shape index (κ1) is 14.8. The molecule has 0 unspecified atom stereocenters. The summed E-state index contributed by atoms with van der Waals surface area (Å²) in [5, 5.41) is 22.8. The molecule has 4 atom stereocenters. The second-order valence-electron chi connectivity index (χ2n) is 5.04. The minimum atomic E-state index is -2.07. The van der Waals surface area contributed by atoms with Crippen LogP contribution >= 0.6 is 0 Å². The van der Waals surface area contributed by atoms with Gasteiger partial charge >= 0.3 is 0 Å². The molecule has 1 fully saturated rings. The molecule has 9 nitrogen and oxygen atoms in total. The molecule has 1 saturated heterocycles. The van der Waals surface area contributed by atoms with Gasteiger partial charge in [0.05, 0.1) is 18.5 Å². The molecule has 2 aromatic rings. The summed E-state index contributed by atoms with van der Waals surface area (Å²) in [4.78, 5) is 17.7.